The van der Waals surface area contributed by atoms with Gasteiger partial charge in [-0.05, 0) is 25.7 Å². The number of likely N-dealkylation sites (tertiary alicyclic amines) is 1. The smallest absolute Gasteiger partial charge is 0.317 e. The SMILES string of the molecule is CC1(C)C(O)CC1NC(=O)N1CCCCC1. The first kappa shape index (κ1) is 11.7. The molecule has 0 radical (unpaired) electrons. The summed E-state index contributed by atoms with van der Waals surface area (Å²) in [4.78, 5) is 13.8. The largest absolute Gasteiger partial charge is 0.392 e. The van der Waals surface area contributed by atoms with Crippen LogP contribution in [-0.2, 0) is 0 Å². The third-order valence-corrected chi connectivity index (χ3v) is 4.16. The average molecular weight is 226 g/mol. The predicted octanol–water partition coefficient (Wildman–Crippen LogP) is 1.34. The number of amides is 2. The fraction of sp³-hybridized carbons (Fsp3) is 0.917. The second-order valence-electron chi connectivity index (χ2n) is 5.62. The first-order valence-electron chi connectivity index (χ1n) is 6.25. The molecule has 2 amide bonds. The van der Waals surface area contributed by atoms with Gasteiger partial charge in [-0.3, -0.25) is 0 Å². The molecule has 2 N–H and O–H groups in total. The summed E-state index contributed by atoms with van der Waals surface area (Å²) < 4.78 is 0. The molecule has 0 aromatic carbocycles. The number of urea groups is 1. The van der Waals surface area contributed by atoms with E-state index in [0.717, 1.165) is 25.9 Å². The van der Waals surface area contributed by atoms with Gasteiger partial charge in [0.1, 0.15) is 0 Å². The van der Waals surface area contributed by atoms with E-state index in [1.807, 2.05) is 18.7 Å². The predicted molar refractivity (Wildman–Crippen MR) is 62.1 cm³/mol. The van der Waals surface area contributed by atoms with Crippen LogP contribution < -0.4 is 5.32 Å². The minimum Gasteiger partial charge on any atom is -0.392 e. The van der Waals surface area contributed by atoms with E-state index in [9.17, 15) is 9.90 Å². The molecule has 0 spiro atoms. The molecule has 2 rings (SSSR count). The molecule has 2 unspecified atom stereocenters. The Hall–Kier alpha value is -0.770. The topological polar surface area (TPSA) is 52.6 Å². The Labute approximate surface area is 97.0 Å². The molecule has 0 bridgehead atoms. The zero-order chi connectivity index (χ0) is 11.8. The highest BCUT2D eigenvalue weighted by molar-refractivity contribution is 5.74. The standard InChI is InChI=1S/C12H22N2O2/c1-12(2)9(8-10(12)15)13-11(16)14-6-4-3-5-7-14/h9-10,15H,3-8H2,1-2H3,(H,13,16). The maximum Gasteiger partial charge on any atom is 0.317 e. The van der Waals surface area contributed by atoms with Crippen LogP contribution in [0.1, 0.15) is 39.5 Å². The van der Waals surface area contributed by atoms with E-state index in [1.54, 1.807) is 0 Å². The maximum absolute atomic E-state index is 11.9. The molecule has 1 aliphatic heterocycles. The van der Waals surface area contributed by atoms with Gasteiger partial charge in [0.2, 0.25) is 0 Å². The summed E-state index contributed by atoms with van der Waals surface area (Å²) >= 11 is 0. The van der Waals surface area contributed by atoms with Gasteiger partial charge in [-0.1, -0.05) is 13.8 Å². The van der Waals surface area contributed by atoms with Crippen molar-refractivity contribution in [3.05, 3.63) is 0 Å². The number of rotatable bonds is 1. The van der Waals surface area contributed by atoms with E-state index in [4.69, 9.17) is 0 Å². The number of hydrogen-bond donors (Lipinski definition) is 2. The van der Waals surface area contributed by atoms with Crippen LogP contribution in [0.3, 0.4) is 0 Å². The van der Waals surface area contributed by atoms with Crippen molar-refractivity contribution in [1.82, 2.24) is 10.2 Å². The molecule has 2 fully saturated rings. The molecule has 1 aliphatic carbocycles. The Morgan fingerprint density at radius 2 is 1.94 bits per heavy atom. The summed E-state index contributed by atoms with van der Waals surface area (Å²) in [6, 6.07) is 0.168. The van der Waals surface area contributed by atoms with Gasteiger partial charge in [-0.25, -0.2) is 4.79 Å². The number of nitrogens with zero attached hydrogens (tertiary/aromatic N) is 1. The zero-order valence-electron chi connectivity index (χ0n) is 10.2. The van der Waals surface area contributed by atoms with Gasteiger partial charge in [0.25, 0.3) is 0 Å². The highest BCUT2D eigenvalue weighted by Gasteiger charge is 2.48. The average Bonchev–Trinajstić information content (AvgIpc) is 2.29. The van der Waals surface area contributed by atoms with Crippen molar-refractivity contribution < 1.29 is 9.90 Å². The minimum absolute atomic E-state index is 0.0460. The van der Waals surface area contributed by atoms with Gasteiger partial charge in [0.15, 0.2) is 0 Å². The Kier molecular flexibility index (Phi) is 3.10. The van der Waals surface area contributed by atoms with Crippen LogP contribution in [0.4, 0.5) is 4.79 Å². The highest BCUT2D eigenvalue weighted by atomic mass is 16.3. The normalized spacial score (nSPS) is 33.1. The molecular weight excluding hydrogens is 204 g/mol. The van der Waals surface area contributed by atoms with Gasteiger partial charge in [0.05, 0.1) is 6.10 Å². The fourth-order valence-corrected chi connectivity index (χ4v) is 2.48. The highest BCUT2D eigenvalue weighted by Crippen LogP contribution is 2.40. The van der Waals surface area contributed by atoms with Crippen LogP contribution in [0.25, 0.3) is 0 Å². The Bertz CT molecular complexity index is 272. The van der Waals surface area contributed by atoms with Gasteiger partial charge >= 0.3 is 6.03 Å². The second kappa shape index (κ2) is 4.24. The molecule has 16 heavy (non-hydrogen) atoms. The van der Waals surface area contributed by atoms with Crippen LogP contribution in [0.2, 0.25) is 0 Å². The Balaban J connectivity index is 1.83. The molecule has 0 aromatic heterocycles. The Morgan fingerprint density at radius 3 is 2.44 bits per heavy atom. The van der Waals surface area contributed by atoms with Gasteiger partial charge in [-0.2, -0.15) is 0 Å². The molecular formula is C12H22N2O2. The molecule has 4 heteroatoms. The molecule has 4 nitrogen and oxygen atoms in total. The molecule has 1 saturated carbocycles. The summed E-state index contributed by atoms with van der Waals surface area (Å²) in [6.45, 7) is 5.76. The number of aliphatic hydroxyl groups is 1. The number of hydrogen-bond acceptors (Lipinski definition) is 2. The monoisotopic (exact) mass is 226 g/mol. The number of aliphatic hydroxyl groups excluding tert-OH is 1. The van der Waals surface area contributed by atoms with E-state index in [2.05, 4.69) is 5.32 Å². The van der Waals surface area contributed by atoms with Crippen molar-refractivity contribution in [1.29, 1.82) is 0 Å². The molecule has 0 aromatic rings. The minimum atomic E-state index is -0.279. The van der Waals surface area contributed by atoms with E-state index in [-0.39, 0.29) is 23.6 Å². The second-order valence-corrected chi connectivity index (χ2v) is 5.62. The lowest BCUT2D eigenvalue weighted by molar-refractivity contribution is -0.0690. The lowest BCUT2D eigenvalue weighted by Crippen LogP contribution is -2.63. The lowest BCUT2D eigenvalue weighted by Gasteiger charge is -2.49. The van der Waals surface area contributed by atoms with E-state index in [1.165, 1.54) is 6.42 Å². The maximum atomic E-state index is 11.9. The quantitative estimate of drug-likeness (QED) is 0.709. The molecule has 1 heterocycles. The summed E-state index contributed by atoms with van der Waals surface area (Å²) in [5.41, 5.74) is -0.175. The van der Waals surface area contributed by atoms with Crippen LogP contribution in [-0.4, -0.2) is 41.3 Å². The zero-order valence-corrected chi connectivity index (χ0v) is 10.2. The van der Waals surface area contributed by atoms with Gasteiger partial charge in [-0.15, -0.1) is 0 Å². The first-order valence-corrected chi connectivity index (χ1v) is 6.25. The van der Waals surface area contributed by atoms with Crippen LogP contribution in [0.5, 0.6) is 0 Å². The van der Waals surface area contributed by atoms with E-state index in [0.29, 0.717) is 6.42 Å². The van der Waals surface area contributed by atoms with E-state index < -0.39 is 0 Å². The molecule has 2 atom stereocenters. The van der Waals surface area contributed by atoms with Gasteiger partial charge < -0.3 is 15.3 Å². The summed E-state index contributed by atoms with van der Waals surface area (Å²) in [7, 11) is 0. The third-order valence-electron chi connectivity index (χ3n) is 4.16. The molecule has 2 aliphatic rings. The van der Waals surface area contributed by atoms with Crippen molar-refractivity contribution in [2.45, 2.75) is 51.7 Å². The number of piperidine rings is 1. The summed E-state index contributed by atoms with van der Waals surface area (Å²) in [5.74, 6) is 0. The van der Waals surface area contributed by atoms with Crippen molar-refractivity contribution in [3.63, 3.8) is 0 Å². The van der Waals surface area contributed by atoms with Gasteiger partial charge in [0, 0.05) is 24.5 Å². The van der Waals surface area contributed by atoms with Crippen molar-refractivity contribution >= 4 is 6.03 Å². The van der Waals surface area contributed by atoms with E-state index >= 15 is 0 Å². The molecule has 92 valence electrons. The lowest BCUT2D eigenvalue weighted by atomic mass is 9.64. The third kappa shape index (κ3) is 2.03. The number of nitrogens with one attached hydrogen (secondary N) is 1. The number of carbonyl (C=O) groups is 1. The van der Waals surface area contributed by atoms with Crippen molar-refractivity contribution in [2.75, 3.05) is 13.1 Å². The fourth-order valence-electron chi connectivity index (χ4n) is 2.48. The first-order chi connectivity index (χ1) is 7.51. The molecule has 1 saturated heterocycles. The Morgan fingerprint density at radius 1 is 1.31 bits per heavy atom. The van der Waals surface area contributed by atoms with Crippen LogP contribution in [0.15, 0.2) is 0 Å². The van der Waals surface area contributed by atoms with Crippen LogP contribution in [0, 0.1) is 5.41 Å². The summed E-state index contributed by atoms with van der Waals surface area (Å²) in [6.07, 6.45) is 3.87. The van der Waals surface area contributed by atoms with Crippen molar-refractivity contribution in [3.8, 4) is 0 Å². The van der Waals surface area contributed by atoms with Crippen molar-refractivity contribution in [2.24, 2.45) is 5.41 Å². The summed E-state index contributed by atoms with van der Waals surface area (Å²) in [5, 5.41) is 12.6. The van der Waals surface area contributed by atoms with Crippen LogP contribution >= 0.6 is 0 Å². The number of carbonyl (C=O) groups excluding carboxylic acids is 1.